The van der Waals surface area contributed by atoms with Crippen LogP contribution >= 0.6 is 0 Å². The summed E-state index contributed by atoms with van der Waals surface area (Å²) in [5.41, 5.74) is -0.0604. The number of aliphatic hydroxyl groups excluding tert-OH is 1. The molecule has 1 aliphatic heterocycles. The molecule has 0 bridgehead atoms. The van der Waals surface area contributed by atoms with E-state index < -0.39 is 0 Å². The molecule has 0 aromatic rings. The summed E-state index contributed by atoms with van der Waals surface area (Å²) in [4.78, 5) is 0. The maximum absolute atomic E-state index is 9.16. The Kier molecular flexibility index (Phi) is 3.51. The Bertz CT molecular complexity index is 173. The second-order valence-corrected chi connectivity index (χ2v) is 3.79. The van der Waals surface area contributed by atoms with Crippen LogP contribution in [-0.4, -0.2) is 23.9 Å². The van der Waals surface area contributed by atoms with Gasteiger partial charge in [0.15, 0.2) is 0 Å². The Morgan fingerprint density at radius 2 is 2.15 bits per heavy atom. The number of hydrogen-bond donors (Lipinski definition) is 1. The summed E-state index contributed by atoms with van der Waals surface area (Å²) < 4.78 is 5.81. The summed E-state index contributed by atoms with van der Waals surface area (Å²) in [5.74, 6) is 0.560. The highest BCUT2D eigenvalue weighted by Gasteiger charge is 2.45. The van der Waals surface area contributed by atoms with Crippen LogP contribution in [0.3, 0.4) is 0 Å². The molecule has 0 spiro atoms. The summed E-state index contributed by atoms with van der Waals surface area (Å²) in [7, 11) is 0. The van der Waals surface area contributed by atoms with Gasteiger partial charge in [-0.1, -0.05) is 19.9 Å². The molecule has 1 N–H and O–H groups in total. The first-order valence-electron chi connectivity index (χ1n) is 5.11. The van der Waals surface area contributed by atoms with Crippen molar-refractivity contribution in [1.29, 1.82) is 0 Å². The van der Waals surface area contributed by atoms with Crippen molar-refractivity contribution < 1.29 is 9.84 Å². The lowest BCUT2D eigenvalue weighted by Gasteiger charge is -2.31. The van der Waals surface area contributed by atoms with E-state index in [4.69, 9.17) is 9.84 Å². The minimum Gasteiger partial charge on any atom is -0.396 e. The van der Waals surface area contributed by atoms with Gasteiger partial charge >= 0.3 is 0 Å². The molecular weight excluding hydrogens is 164 g/mol. The van der Waals surface area contributed by atoms with Crippen LogP contribution in [0.1, 0.15) is 26.7 Å². The molecule has 0 saturated carbocycles. The number of aliphatic hydroxyl groups is 1. The standard InChI is InChI=1S/C11H20O2/c1-4-10-9(7-12)8-13-11(10,5-2)6-3/h4,9-10,12H,1,5-8H2,2-3H3. The molecule has 2 nitrogen and oxygen atoms in total. The molecule has 76 valence electrons. The quantitative estimate of drug-likeness (QED) is 0.677. The smallest absolute Gasteiger partial charge is 0.0744 e. The van der Waals surface area contributed by atoms with Gasteiger partial charge in [0, 0.05) is 18.4 Å². The monoisotopic (exact) mass is 184 g/mol. The van der Waals surface area contributed by atoms with Crippen LogP contribution in [0, 0.1) is 11.8 Å². The van der Waals surface area contributed by atoms with Crippen LogP contribution in [0.25, 0.3) is 0 Å². The van der Waals surface area contributed by atoms with E-state index in [0.29, 0.717) is 12.5 Å². The van der Waals surface area contributed by atoms with Crippen molar-refractivity contribution in [3.8, 4) is 0 Å². The first kappa shape index (κ1) is 10.7. The number of hydrogen-bond acceptors (Lipinski definition) is 2. The highest BCUT2D eigenvalue weighted by molar-refractivity contribution is 5.03. The van der Waals surface area contributed by atoms with Gasteiger partial charge in [-0.2, -0.15) is 0 Å². The molecule has 1 aliphatic rings. The minimum absolute atomic E-state index is 0.0604. The van der Waals surface area contributed by atoms with Crippen molar-refractivity contribution in [2.24, 2.45) is 11.8 Å². The molecule has 0 aromatic heterocycles. The lowest BCUT2D eigenvalue weighted by molar-refractivity contribution is -0.0181. The summed E-state index contributed by atoms with van der Waals surface area (Å²) in [6.45, 7) is 9.00. The van der Waals surface area contributed by atoms with E-state index in [2.05, 4.69) is 20.4 Å². The fourth-order valence-electron chi connectivity index (χ4n) is 2.40. The molecule has 13 heavy (non-hydrogen) atoms. The van der Waals surface area contributed by atoms with Gasteiger partial charge in [-0.15, -0.1) is 6.58 Å². The molecule has 0 amide bonds. The third-order valence-corrected chi connectivity index (χ3v) is 3.39. The van der Waals surface area contributed by atoms with Gasteiger partial charge in [0.05, 0.1) is 12.2 Å². The van der Waals surface area contributed by atoms with Gasteiger partial charge in [-0.25, -0.2) is 0 Å². The summed E-state index contributed by atoms with van der Waals surface area (Å²) >= 11 is 0. The second-order valence-electron chi connectivity index (χ2n) is 3.79. The average Bonchev–Trinajstić information content (AvgIpc) is 2.55. The minimum atomic E-state index is -0.0604. The van der Waals surface area contributed by atoms with Crippen molar-refractivity contribution in [2.75, 3.05) is 13.2 Å². The Morgan fingerprint density at radius 3 is 2.54 bits per heavy atom. The van der Waals surface area contributed by atoms with E-state index in [1.807, 2.05) is 6.08 Å². The molecular formula is C11H20O2. The van der Waals surface area contributed by atoms with E-state index in [1.165, 1.54) is 0 Å². The fourth-order valence-corrected chi connectivity index (χ4v) is 2.40. The van der Waals surface area contributed by atoms with Crippen molar-refractivity contribution >= 4 is 0 Å². The highest BCUT2D eigenvalue weighted by Crippen LogP contribution is 2.41. The van der Waals surface area contributed by atoms with Crippen molar-refractivity contribution in [3.63, 3.8) is 0 Å². The summed E-state index contributed by atoms with van der Waals surface area (Å²) in [5, 5.41) is 9.16. The average molecular weight is 184 g/mol. The molecule has 1 heterocycles. The van der Waals surface area contributed by atoms with E-state index >= 15 is 0 Å². The Labute approximate surface area is 80.6 Å². The number of rotatable bonds is 4. The molecule has 2 unspecified atom stereocenters. The van der Waals surface area contributed by atoms with Gasteiger partial charge in [-0.05, 0) is 12.8 Å². The molecule has 2 atom stereocenters. The zero-order valence-electron chi connectivity index (χ0n) is 8.62. The SMILES string of the molecule is C=CC1C(CO)COC1(CC)CC. The van der Waals surface area contributed by atoms with Crippen molar-refractivity contribution in [2.45, 2.75) is 32.3 Å². The molecule has 2 heteroatoms. The van der Waals surface area contributed by atoms with E-state index in [9.17, 15) is 0 Å². The second kappa shape index (κ2) is 4.25. The van der Waals surface area contributed by atoms with Crippen LogP contribution in [0.2, 0.25) is 0 Å². The zero-order valence-corrected chi connectivity index (χ0v) is 8.62. The van der Waals surface area contributed by atoms with Crippen molar-refractivity contribution in [3.05, 3.63) is 12.7 Å². The van der Waals surface area contributed by atoms with Gasteiger partial charge in [-0.3, -0.25) is 0 Å². The Hall–Kier alpha value is -0.340. The largest absolute Gasteiger partial charge is 0.396 e. The maximum atomic E-state index is 9.16. The molecule has 1 saturated heterocycles. The fraction of sp³-hybridized carbons (Fsp3) is 0.818. The normalized spacial score (nSPS) is 31.9. The zero-order chi connectivity index (χ0) is 9.90. The first-order valence-corrected chi connectivity index (χ1v) is 5.11. The van der Waals surface area contributed by atoms with Crippen LogP contribution < -0.4 is 0 Å². The molecule has 0 aliphatic carbocycles. The van der Waals surface area contributed by atoms with Crippen LogP contribution in [0.5, 0.6) is 0 Å². The summed E-state index contributed by atoms with van der Waals surface area (Å²) in [6.07, 6.45) is 3.94. The van der Waals surface area contributed by atoms with Gasteiger partial charge in [0.1, 0.15) is 0 Å². The highest BCUT2D eigenvalue weighted by atomic mass is 16.5. The van der Waals surface area contributed by atoms with E-state index in [0.717, 1.165) is 12.8 Å². The Balaban J connectivity index is 2.81. The van der Waals surface area contributed by atoms with Gasteiger partial charge < -0.3 is 9.84 Å². The Morgan fingerprint density at radius 1 is 1.54 bits per heavy atom. The molecule has 0 aromatic carbocycles. The van der Waals surface area contributed by atoms with E-state index in [-0.39, 0.29) is 18.1 Å². The van der Waals surface area contributed by atoms with Crippen LogP contribution in [0.4, 0.5) is 0 Å². The van der Waals surface area contributed by atoms with Crippen LogP contribution in [-0.2, 0) is 4.74 Å². The predicted molar refractivity (Wildman–Crippen MR) is 53.5 cm³/mol. The maximum Gasteiger partial charge on any atom is 0.0744 e. The van der Waals surface area contributed by atoms with Gasteiger partial charge in [0.25, 0.3) is 0 Å². The molecule has 1 rings (SSSR count). The van der Waals surface area contributed by atoms with E-state index in [1.54, 1.807) is 0 Å². The first-order chi connectivity index (χ1) is 6.24. The predicted octanol–water partition coefficient (Wildman–Crippen LogP) is 1.99. The number of ether oxygens (including phenoxy) is 1. The van der Waals surface area contributed by atoms with Crippen molar-refractivity contribution in [1.82, 2.24) is 0 Å². The van der Waals surface area contributed by atoms with Gasteiger partial charge in [0.2, 0.25) is 0 Å². The molecule has 0 radical (unpaired) electrons. The summed E-state index contributed by atoms with van der Waals surface area (Å²) in [6, 6.07) is 0. The third kappa shape index (κ3) is 1.65. The van der Waals surface area contributed by atoms with Crippen LogP contribution in [0.15, 0.2) is 12.7 Å². The lowest BCUT2D eigenvalue weighted by atomic mass is 9.78. The topological polar surface area (TPSA) is 29.5 Å². The molecule has 1 fully saturated rings. The third-order valence-electron chi connectivity index (χ3n) is 3.39. The lowest BCUT2D eigenvalue weighted by Crippen LogP contribution is -2.35.